The summed E-state index contributed by atoms with van der Waals surface area (Å²) in [6, 6.07) is 10.1. The number of ether oxygens (including phenoxy) is 1. The molecule has 0 bridgehead atoms. The van der Waals surface area contributed by atoms with E-state index in [1.165, 1.54) is 18.5 Å². The number of anilines is 2. The first-order valence-electron chi connectivity index (χ1n) is 8.46. The van der Waals surface area contributed by atoms with Crippen molar-refractivity contribution in [3.63, 3.8) is 0 Å². The lowest BCUT2D eigenvalue weighted by atomic mass is 10.2. The van der Waals surface area contributed by atoms with Gasteiger partial charge in [-0.25, -0.2) is 9.37 Å². The lowest BCUT2D eigenvalue weighted by Gasteiger charge is -2.19. The van der Waals surface area contributed by atoms with E-state index in [1.807, 2.05) is 0 Å². The van der Waals surface area contributed by atoms with Crippen LogP contribution in [0.1, 0.15) is 5.56 Å². The van der Waals surface area contributed by atoms with Crippen LogP contribution in [-0.4, -0.2) is 32.1 Å². The third kappa shape index (κ3) is 3.39. The molecule has 0 unspecified atom stereocenters. The van der Waals surface area contributed by atoms with Crippen molar-refractivity contribution in [1.82, 2.24) is 19.9 Å². The summed E-state index contributed by atoms with van der Waals surface area (Å²) in [7, 11) is 1.80. The van der Waals surface area contributed by atoms with Gasteiger partial charge in [-0.2, -0.15) is 9.97 Å². The Hall–Kier alpha value is -3.81. The maximum absolute atomic E-state index is 13.8. The topological polar surface area (TPSA) is 84.3 Å². The molecule has 0 fully saturated rings. The van der Waals surface area contributed by atoms with Gasteiger partial charge in [-0.15, -0.1) is 0 Å². The number of aromatic hydroxyl groups is 1. The Bertz CT molecular complexity index is 1150. The van der Waals surface area contributed by atoms with E-state index < -0.39 is 0 Å². The number of hydrogen-bond acceptors (Lipinski definition) is 7. The highest BCUT2D eigenvalue weighted by Crippen LogP contribution is 2.28. The Morgan fingerprint density at radius 3 is 2.61 bits per heavy atom. The smallest absolute Gasteiger partial charge is 0.325 e. The average molecular weight is 377 g/mol. The van der Waals surface area contributed by atoms with Crippen molar-refractivity contribution in [2.75, 3.05) is 11.9 Å². The Morgan fingerprint density at radius 1 is 1.07 bits per heavy atom. The Balaban J connectivity index is 1.55. The van der Waals surface area contributed by atoms with E-state index in [9.17, 15) is 9.50 Å². The standard InChI is InChI=1S/C20H16FN5O2/c1-12-10-23-18(9-16(12)21)26(2)13-3-5-14(6-4-13)28-20-24-17-11-22-8-7-15(17)19(27)25-20/h3-11H,1-2H3,(H,24,25,27). The zero-order valence-electron chi connectivity index (χ0n) is 15.2. The van der Waals surface area contributed by atoms with Crippen LogP contribution in [0, 0.1) is 12.7 Å². The molecule has 1 aromatic carbocycles. The molecular weight excluding hydrogens is 361 g/mol. The number of aromatic nitrogens is 4. The monoisotopic (exact) mass is 377 g/mol. The summed E-state index contributed by atoms with van der Waals surface area (Å²) in [5, 5.41) is 10.5. The molecule has 0 aliphatic carbocycles. The van der Waals surface area contributed by atoms with Crippen LogP contribution in [-0.2, 0) is 0 Å². The van der Waals surface area contributed by atoms with Crippen molar-refractivity contribution in [3.8, 4) is 17.6 Å². The van der Waals surface area contributed by atoms with Crippen LogP contribution in [0.4, 0.5) is 15.9 Å². The second kappa shape index (κ2) is 7.07. The minimum atomic E-state index is -0.306. The molecule has 8 heteroatoms. The molecule has 0 atom stereocenters. The fraction of sp³-hybridized carbons (Fsp3) is 0.100. The van der Waals surface area contributed by atoms with Gasteiger partial charge in [0.05, 0.1) is 17.1 Å². The molecule has 0 spiro atoms. The molecular formula is C20H16FN5O2. The molecule has 3 heterocycles. The van der Waals surface area contributed by atoms with Gasteiger partial charge in [-0.05, 0) is 37.3 Å². The van der Waals surface area contributed by atoms with E-state index in [4.69, 9.17) is 4.74 Å². The van der Waals surface area contributed by atoms with Gasteiger partial charge in [0.1, 0.15) is 17.4 Å². The van der Waals surface area contributed by atoms with Crippen LogP contribution in [0.25, 0.3) is 10.9 Å². The van der Waals surface area contributed by atoms with Gasteiger partial charge < -0.3 is 14.7 Å². The number of aryl methyl sites for hydroxylation is 1. The SMILES string of the molecule is Cc1cnc(N(C)c2ccc(Oc3nc(O)c4ccncc4n3)cc2)cc1F. The van der Waals surface area contributed by atoms with Crippen LogP contribution >= 0.6 is 0 Å². The van der Waals surface area contributed by atoms with Gasteiger partial charge in [0, 0.05) is 36.8 Å². The first-order chi connectivity index (χ1) is 13.5. The molecule has 0 saturated heterocycles. The minimum absolute atomic E-state index is 0.0152. The largest absolute Gasteiger partial charge is 0.493 e. The van der Waals surface area contributed by atoms with Crippen molar-refractivity contribution >= 4 is 22.4 Å². The minimum Gasteiger partial charge on any atom is -0.493 e. The summed E-state index contributed by atoms with van der Waals surface area (Å²) in [4.78, 5) is 18.2. The maximum Gasteiger partial charge on any atom is 0.325 e. The lowest BCUT2D eigenvalue weighted by Crippen LogP contribution is -2.11. The predicted molar refractivity (Wildman–Crippen MR) is 103 cm³/mol. The third-order valence-corrected chi connectivity index (χ3v) is 4.26. The highest BCUT2D eigenvalue weighted by molar-refractivity contribution is 5.82. The fourth-order valence-corrected chi connectivity index (χ4v) is 2.64. The number of halogens is 1. The van der Waals surface area contributed by atoms with Crippen LogP contribution in [0.5, 0.6) is 17.6 Å². The zero-order valence-corrected chi connectivity index (χ0v) is 15.2. The van der Waals surface area contributed by atoms with Gasteiger partial charge in [-0.1, -0.05) is 0 Å². The van der Waals surface area contributed by atoms with Crippen LogP contribution in [0.3, 0.4) is 0 Å². The van der Waals surface area contributed by atoms with E-state index in [1.54, 1.807) is 55.4 Å². The van der Waals surface area contributed by atoms with E-state index in [0.29, 0.717) is 28.0 Å². The van der Waals surface area contributed by atoms with Crippen molar-refractivity contribution in [2.24, 2.45) is 0 Å². The van der Waals surface area contributed by atoms with E-state index >= 15 is 0 Å². The van der Waals surface area contributed by atoms with Crippen molar-refractivity contribution in [1.29, 1.82) is 0 Å². The summed E-state index contributed by atoms with van der Waals surface area (Å²) in [6.45, 7) is 1.67. The predicted octanol–water partition coefficient (Wildman–Crippen LogP) is 4.13. The molecule has 0 aliphatic heterocycles. The summed E-state index contributed by atoms with van der Waals surface area (Å²) < 4.78 is 19.4. The Morgan fingerprint density at radius 2 is 1.86 bits per heavy atom. The summed E-state index contributed by atoms with van der Waals surface area (Å²) in [5.74, 6) is 0.501. The molecule has 7 nitrogen and oxygen atoms in total. The number of rotatable bonds is 4. The summed E-state index contributed by atoms with van der Waals surface area (Å²) >= 11 is 0. The molecule has 0 radical (unpaired) electrons. The first-order valence-corrected chi connectivity index (χ1v) is 8.46. The summed E-state index contributed by atoms with van der Waals surface area (Å²) in [6.07, 6.45) is 4.57. The van der Waals surface area contributed by atoms with Gasteiger partial charge in [-0.3, -0.25) is 4.98 Å². The normalized spacial score (nSPS) is 10.8. The molecule has 0 aliphatic rings. The molecule has 0 amide bonds. The number of benzene rings is 1. The molecule has 0 saturated carbocycles. The van der Waals surface area contributed by atoms with E-state index in [2.05, 4.69) is 19.9 Å². The van der Waals surface area contributed by atoms with E-state index in [0.717, 1.165) is 5.69 Å². The van der Waals surface area contributed by atoms with Gasteiger partial charge in [0.2, 0.25) is 5.88 Å². The van der Waals surface area contributed by atoms with Crippen LogP contribution in [0.15, 0.2) is 55.0 Å². The van der Waals surface area contributed by atoms with E-state index in [-0.39, 0.29) is 17.7 Å². The number of nitrogens with zero attached hydrogens (tertiary/aromatic N) is 5. The van der Waals surface area contributed by atoms with Crippen LogP contribution in [0.2, 0.25) is 0 Å². The molecule has 1 N–H and O–H groups in total. The average Bonchev–Trinajstić information content (AvgIpc) is 2.70. The summed E-state index contributed by atoms with van der Waals surface area (Å²) in [5.41, 5.74) is 1.78. The fourth-order valence-electron chi connectivity index (χ4n) is 2.64. The second-order valence-electron chi connectivity index (χ2n) is 6.17. The molecule has 3 aromatic heterocycles. The van der Waals surface area contributed by atoms with Gasteiger partial charge in [0.25, 0.3) is 0 Å². The highest BCUT2D eigenvalue weighted by atomic mass is 19.1. The van der Waals surface area contributed by atoms with Crippen molar-refractivity contribution in [2.45, 2.75) is 6.92 Å². The second-order valence-corrected chi connectivity index (χ2v) is 6.17. The van der Waals surface area contributed by atoms with Gasteiger partial charge >= 0.3 is 6.01 Å². The molecule has 4 aromatic rings. The van der Waals surface area contributed by atoms with Crippen molar-refractivity contribution < 1.29 is 14.2 Å². The maximum atomic E-state index is 13.8. The van der Waals surface area contributed by atoms with Crippen molar-refractivity contribution in [3.05, 3.63) is 66.4 Å². The molecule has 140 valence electrons. The number of fused-ring (bicyclic) bond motifs is 1. The molecule has 4 rings (SSSR count). The Labute approximate surface area is 160 Å². The third-order valence-electron chi connectivity index (χ3n) is 4.26. The number of hydrogen-bond donors (Lipinski definition) is 1. The first kappa shape index (κ1) is 17.6. The quantitative estimate of drug-likeness (QED) is 0.572. The number of pyridine rings is 2. The van der Waals surface area contributed by atoms with Crippen LogP contribution < -0.4 is 9.64 Å². The van der Waals surface area contributed by atoms with Gasteiger partial charge in [0.15, 0.2) is 0 Å². The highest BCUT2D eigenvalue weighted by Gasteiger charge is 2.11. The lowest BCUT2D eigenvalue weighted by molar-refractivity contribution is 0.412. The Kier molecular flexibility index (Phi) is 4.44. The zero-order chi connectivity index (χ0) is 19.7. The molecule has 28 heavy (non-hydrogen) atoms.